The summed E-state index contributed by atoms with van der Waals surface area (Å²) in [5, 5.41) is 7.38. The molecule has 0 saturated carbocycles. The average Bonchev–Trinajstić information content (AvgIpc) is 2.72. The Morgan fingerprint density at radius 3 is 1.10 bits per heavy atom. The lowest BCUT2D eigenvalue weighted by Gasteiger charge is -2.15. The SMILES string of the molecule is Br.Br.CCCCC(CC)CNCCCCCCCCCCNCC(CC)CCCC. The predicted molar refractivity (Wildman–Crippen MR) is 150 cm³/mol. The van der Waals surface area contributed by atoms with E-state index < -0.39 is 0 Å². The summed E-state index contributed by atoms with van der Waals surface area (Å²) in [5.41, 5.74) is 0. The maximum atomic E-state index is 3.69. The van der Waals surface area contributed by atoms with E-state index in [2.05, 4.69) is 38.3 Å². The standard InChI is InChI=1S/C26H56N2.2BrH/c1-5-9-19-25(7-3)23-27-21-17-15-13-11-12-14-16-18-22-28-24-26(8-4)20-10-6-2;;/h25-28H,5-24H2,1-4H3;2*1H. The first kappa shape index (κ1) is 35.5. The van der Waals surface area contributed by atoms with E-state index in [1.807, 2.05) is 0 Å². The predicted octanol–water partition coefficient (Wildman–Crippen LogP) is 8.88. The highest BCUT2D eigenvalue weighted by molar-refractivity contribution is 8.93. The van der Waals surface area contributed by atoms with E-state index in [4.69, 9.17) is 0 Å². The fourth-order valence-electron chi connectivity index (χ4n) is 4.06. The summed E-state index contributed by atoms with van der Waals surface area (Å²) in [6.45, 7) is 14.2. The molecule has 2 nitrogen and oxygen atoms in total. The first-order chi connectivity index (χ1) is 13.8. The fraction of sp³-hybridized carbons (Fsp3) is 1.00. The Morgan fingerprint density at radius 1 is 0.467 bits per heavy atom. The molecular formula is C26H58Br2N2. The zero-order chi connectivity index (χ0) is 20.7. The molecule has 2 N–H and O–H groups in total. The van der Waals surface area contributed by atoms with Crippen molar-refractivity contribution < 1.29 is 0 Å². The van der Waals surface area contributed by atoms with Gasteiger partial charge in [-0.15, -0.1) is 34.0 Å². The summed E-state index contributed by atoms with van der Waals surface area (Å²) in [5.74, 6) is 1.80. The second-order valence-corrected chi connectivity index (χ2v) is 9.07. The fourth-order valence-corrected chi connectivity index (χ4v) is 4.06. The normalized spacial score (nSPS) is 12.8. The Bertz CT molecular complexity index is 262. The van der Waals surface area contributed by atoms with Crippen molar-refractivity contribution in [2.45, 2.75) is 130 Å². The van der Waals surface area contributed by atoms with Gasteiger partial charge in [0.1, 0.15) is 0 Å². The molecule has 186 valence electrons. The molecule has 0 aromatic rings. The van der Waals surface area contributed by atoms with Crippen LogP contribution < -0.4 is 10.6 Å². The van der Waals surface area contributed by atoms with Crippen LogP contribution in [0.2, 0.25) is 0 Å². The van der Waals surface area contributed by atoms with Crippen LogP contribution in [0.1, 0.15) is 130 Å². The van der Waals surface area contributed by atoms with E-state index >= 15 is 0 Å². The molecule has 0 saturated heterocycles. The second kappa shape index (κ2) is 29.9. The third kappa shape index (κ3) is 25.1. The van der Waals surface area contributed by atoms with E-state index in [-0.39, 0.29) is 34.0 Å². The van der Waals surface area contributed by atoms with Gasteiger partial charge in [-0.05, 0) is 63.7 Å². The van der Waals surface area contributed by atoms with Gasteiger partial charge in [0.25, 0.3) is 0 Å². The van der Waals surface area contributed by atoms with Crippen LogP contribution in [-0.4, -0.2) is 26.2 Å². The summed E-state index contributed by atoms with van der Waals surface area (Å²) in [4.78, 5) is 0. The van der Waals surface area contributed by atoms with Crippen molar-refractivity contribution in [3.05, 3.63) is 0 Å². The Balaban J connectivity index is -0.00000364. The average molecular weight is 559 g/mol. The minimum atomic E-state index is 0. The lowest BCUT2D eigenvalue weighted by Crippen LogP contribution is -2.23. The van der Waals surface area contributed by atoms with Gasteiger partial charge in [0, 0.05) is 0 Å². The van der Waals surface area contributed by atoms with Gasteiger partial charge in [0.05, 0.1) is 0 Å². The van der Waals surface area contributed by atoms with Gasteiger partial charge in [-0.1, -0.05) is 105 Å². The number of unbranched alkanes of at least 4 members (excludes halogenated alkanes) is 9. The molecule has 2 unspecified atom stereocenters. The third-order valence-electron chi connectivity index (χ3n) is 6.41. The van der Waals surface area contributed by atoms with Crippen LogP contribution in [0.3, 0.4) is 0 Å². The van der Waals surface area contributed by atoms with Gasteiger partial charge >= 0.3 is 0 Å². The molecule has 2 atom stereocenters. The molecule has 0 aromatic carbocycles. The van der Waals surface area contributed by atoms with Crippen molar-refractivity contribution in [1.29, 1.82) is 0 Å². The summed E-state index contributed by atoms with van der Waals surface area (Å²) in [6, 6.07) is 0. The number of hydrogen-bond donors (Lipinski definition) is 2. The van der Waals surface area contributed by atoms with Crippen molar-refractivity contribution in [3.8, 4) is 0 Å². The molecule has 0 aromatic heterocycles. The quantitative estimate of drug-likeness (QED) is 0.122. The first-order valence-corrected chi connectivity index (χ1v) is 13.2. The number of hydrogen-bond acceptors (Lipinski definition) is 2. The Labute approximate surface area is 212 Å². The van der Waals surface area contributed by atoms with Gasteiger partial charge < -0.3 is 10.6 Å². The molecule has 0 rings (SSSR count). The van der Waals surface area contributed by atoms with Gasteiger partial charge in [-0.2, -0.15) is 0 Å². The van der Waals surface area contributed by atoms with Crippen LogP contribution in [0.5, 0.6) is 0 Å². The van der Waals surface area contributed by atoms with Gasteiger partial charge in [0.15, 0.2) is 0 Å². The molecule has 4 heteroatoms. The highest BCUT2D eigenvalue weighted by Gasteiger charge is 2.05. The molecule has 0 aliphatic rings. The summed E-state index contributed by atoms with van der Waals surface area (Å²) in [7, 11) is 0. The van der Waals surface area contributed by atoms with E-state index in [1.165, 1.54) is 129 Å². The van der Waals surface area contributed by atoms with Gasteiger partial charge in [0.2, 0.25) is 0 Å². The van der Waals surface area contributed by atoms with E-state index in [1.54, 1.807) is 0 Å². The zero-order valence-corrected chi connectivity index (χ0v) is 24.5. The lowest BCUT2D eigenvalue weighted by atomic mass is 9.99. The summed E-state index contributed by atoms with van der Waals surface area (Å²) < 4.78 is 0. The number of nitrogens with one attached hydrogen (secondary N) is 2. The molecule has 0 radical (unpaired) electrons. The van der Waals surface area contributed by atoms with Gasteiger partial charge in [-0.25, -0.2) is 0 Å². The Hall–Kier alpha value is 0.880. The monoisotopic (exact) mass is 556 g/mol. The van der Waals surface area contributed by atoms with Crippen LogP contribution in [0.4, 0.5) is 0 Å². The molecule has 0 fully saturated rings. The van der Waals surface area contributed by atoms with E-state index in [0.717, 1.165) is 11.8 Å². The molecule has 0 bridgehead atoms. The lowest BCUT2D eigenvalue weighted by molar-refractivity contribution is 0.414. The van der Waals surface area contributed by atoms with E-state index in [9.17, 15) is 0 Å². The van der Waals surface area contributed by atoms with Crippen molar-refractivity contribution in [2.24, 2.45) is 11.8 Å². The molecular weight excluding hydrogens is 500 g/mol. The van der Waals surface area contributed by atoms with Crippen molar-refractivity contribution >= 4 is 34.0 Å². The molecule has 0 aliphatic heterocycles. The highest BCUT2D eigenvalue weighted by atomic mass is 79.9. The molecule has 0 amide bonds. The van der Waals surface area contributed by atoms with Crippen molar-refractivity contribution in [2.75, 3.05) is 26.2 Å². The Morgan fingerprint density at radius 2 is 0.800 bits per heavy atom. The summed E-state index contributed by atoms with van der Waals surface area (Å²) >= 11 is 0. The maximum Gasteiger partial charge on any atom is -0.00206 e. The molecule has 0 heterocycles. The number of halogens is 2. The minimum Gasteiger partial charge on any atom is -0.316 e. The zero-order valence-electron chi connectivity index (χ0n) is 21.1. The van der Waals surface area contributed by atoms with Crippen LogP contribution in [0.15, 0.2) is 0 Å². The summed E-state index contributed by atoms with van der Waals surface area (Å²) in [6.07, 6.45) is 22.3. The van der Waals surface area contributed by atoms with Crippen molar-refractivity contribution in [1.82, 2.24) is 10.6 Å². The van der Waals surface area contributed by atoms with Crippen LogP contribution in [0, 0.1) is 11.8 Å². The maximum absolute atomic E-state index is 3.69. The second-order valence-electron chi connectivity index (χ2n) is 9.07. The smallest absolute Gasteiger partial charge is 0.00206 e. The molecule has 30 heavy (non-hydrogen) atoms. The molecule has 0 aliphatic carbocycles. The first-order valence-electron chi connectivity index (χ1n) is 13.2. The topological polar surface area (TPSA) is 24.1 Å². The molecule has 0 spiro atoms. The van der Waals surface area contributed by atoms with Crippen LogP contribution in [-0.2, 0) is 0 Å². The third-order valence-corrected chi connectivity index (χ3v) is 6.41. The van der Waals surface area contributed by atoms with Crippen molar-refractivity contribution in [3.63, 3.8) is 0 Å². The largest absolute Gasteiger partial charge is 0.316 e. The number of rotatable bonds is 23. The Kier molecular flexibility index (Phi) is 35.3. The van der Waals surface area contributed by atoms with Crippen LogP contribution >= 0.6 is 34.0 Å². The minimum absolute atomic E-state index is 0. The van der Waals surface area contributed by atoms with E-state index in [0.29, 0.717) is 0 Å². The van der Waals surface area contributed by atoms with Gasteiger partial charge in [-0.3, -0.25) is 0 Å². The highest BCUT2D eigenvalue weighted by Crippen LogP contribution is 2.13. The van der Waals surface area contributed by atoms with Crippen LogP contribution in [0.25, 0.3) is 0 Å².